The van der Waals surface area contributed by atoms with Crippen molar-refractivity contribution in [2.75, 3.05) is 13.1 Å². The molecule has 1 aliphatic carbocycles. The second-order valence-corrected chi connectivity index (χ2v) is 4.05. The minimum atomic E-state index is -0.0775. The largest absolute Gasteiger partial charge is 0.393 e. The molecular formula is C9H17NO2. The Morgan fingerprint density at radius 2 is 1.50 bits per heavy atom. The highest BCUT2D eigenvalue weighted by molar-refractivity contribution is 4.88. The van der Waals surface area contributed by atoms with E-state index in [2.05, 4.69) is 4.90 Å². The van der Waals surface area contributed by atoms with E-state index >= 15 is 0 Å². The molecule has 1 heterocycles. The lowest BCUT2D eigenvalue weighted by Crippen LogP contribution is -2.50. The fraction of sp³-hybridized carbons (Fsp3) is 1.00. The number of likely N-dealkylation sites (tertiary alicyclic amines) is 1. The lowest BCUT2D eigenvalue weighted by atomic mass is 9.87. The summed E-state index contributed by atoms with van der Waals surface area (Å²) < 4.78 is 0. The quantitative estimate of drug-likeness (QED) is 0.582. The molecule has 0 aromatic rings. The zero-order valence-electron chi connectivity index (χ0n) is 7.32. The monoisotopic (exact) mass is 171 g/mol. The van der Waals surface area contributed by atoms with E-state index in [1.54, 1.807) is 0 Å². The summed E-state index contributed by atoms with van der Waals surface area (Å²) in [6, 6.07) is 0.604. The fourth-order valence-corrected chi connectivity index (χ4v) is 2.11. The molecule has 0 aromatic carbocycles. The van der Waals surface area contributed by atoms with Gasteiger partial charge in [-0.25, -0.2) is 0 Å². The summed E-state index contributed by atoms with van der Waals surface area (Å²) in [5, 5.41) is 18.4. The van der Waals surface area contributed by atoms with Crippen LogP contribution < -0.4 is 0 Å². The Labute approximate surface area is 73.0 Å². The van der Waals surface area contributed by atoms with Crippen molar-refractivity contribution in [3.63, 3.8) is 0 Å². The van der Waals surface area contributed by atoms with Crippen LogP contribution in [0.4, 0.5) is 0 Å². The Balaban J connectivity index is 1.75. The number of hydrogen-bond acceptors (Lipinski definition) is 3. The highest BCUT2D eigenvalue weighted by Gasteiger charge is 2.33. The van der Waals surface area contributed by atoms with Crippen LogP contribution in [0.25, 0.3) is 0 Å². The van der Waals surface area contributed by atoms with E-state index in [9.17, 15) is 5.11 Å². The van der Waals surface area contributed by atoms with Crippen molar-refractivity contribution in [1.82, 2.24) is 4.90 Å². The van der Waals surface area contributed by atoms with E-state index in [0.717, 1.165) is 38.8 Å². The zero-order valence-corrected chi connectivity index (χ0v) is 7.32. The smallest absolute Gasteiger partial charge is 0.0570 e. The van der Waals surface area contributed by atoms with Gasteiger partial charge < -0.3 is 10.2 Å². The topological polar surface area (TPSA) is 43.7 Å². The molecule has 12 heavy (non-hydrogen) atoms. The summed E-state index contributed by atoms with van der Waals surface area (Å²) in [5.74, 6) is 0. The molecule has 2 rings (SSSR count). The molecule has 3 nitrogen and oxygen atoms in total. The lowest BCUT2D eigenvalue weighted by Gasteiger charge is -2.43. The third kappa shape index (κ3) is 1.63. The van der Waals surface area contributed by atoms with Crippen LogP contribution in [0.5, 0.6) is 0 Å². The van der Waals surface area contributed by atoms with E-state index in [4.69, 9.17) is 5.11 Å². The van der Waals surface area contributed by atoms with Crippen molar-refractivity contribution in [3.05, 3.63) is 0 Å². The van der Waals surface area contributed by atoms with Crippen LogP contribution in [0, 0.1) is 0 Å². The minimum Gasteiger partial charge on any atom is -0.393 e. The third-order valence-corrected chi connectivity index (χ3v) is 3.10. The first-order chi connectivity index (χ1) is 5.75. The van der Waals surface area contributed by atoms with E-state index in [0.29, 0.717) is 6.04 Å². The summed E-state index contributed by atoms with van der Waals surface area (Å²) in [5.41, 5.74) is 0. The van der Waals surface area contributed by atoms with Crippen LogP contribution in [-0.4, -0.2) is 46.5 Å². The second-order valence-electron chi connectivity index (χ2n) is 4.05. The maximum absolute atomic E-state index is 9.28. The van der Waals surface area contributed by atoms with Crippen LogP contribution in [0.15, 0.2) is 0 Å². The van der Waals surface area contributed by atoms with Crippen LogP contribution in [-0.2, 0) is 0 Å². The molecule has 1 aliphatic heterocycles. The summed E-state index contributed by atoms with van der Waals surface area (Å²) in [6.45, 7) is 2.02. The molecule has 0 radical (unpaired) electrons. The van der Waals surface area contributed by atoms with E-state index in [1.165, 1.54) is 0 Å². The Hall–Kier alpha value is -0.120. The summed E-state index contributed by atoms with van der Waals surface area (Å²) in [7, 11) is 0. The van der Waals surface area contributed by atoms with Crippen molar-refractivity contribution in [2.45, 2.75) is 43.9 Å². The number of piperidine rings is 1. The third-order valence-electron chi connectivity index (χ3n) is 3.10. The molecule has 3 heteroatoms. The predicted octanol–water partition coefficient (Wildman–Crippen LogP) is -0.0336. The SMILES string of the molecule is OC1CCN(C2CC(O)C2)CC1. The molecule has 0 atom stereocenters. The van der Waals surface area contributed by atoms with Gasteiger partial charge in [0.25, 0.3) is 0 Å². The molecular weight excluding hydrogens is 154 g/mol. The summed E-state index contributed by atoms with van der Waals surface area (Å²) >= 11 is 0. The van der Waals surface area contributed by atoms with Crippen LogP contribution in [0.1, 0.15) is 25.7 Å². The Morgan fingerprint density at radius 3 is 2.00 bits per heavy atom. The Bertz CT molecular complexity index is 149. The van der Waals surface area contributed by atoms with Gasteiger partial charge >= 0.3 is 0 Å². The first kappa shape index (κ1) is 8.48. The molecule has 1 saturated heterocycles. The molecule has 0 unspecified atom stereocenters. The Kier molecular flexibility index (Phi) is 2.35. The molecule has 2 aliphatic rings. The maximum atomic E-state index is 9.28. The van der Waals surface area contributed by atoms with Gasteiger partial charge in [0.15, 0.2) is 0 Å². The number of aliphatic hydroxyl groups excluding tert-OH is 2. The van der Waals surface area contributed by atoms with Crippen molar-refractivity contribution >= 4 is 0 Å². The number of hydrogen-bond donors (Lipinski definition) is 2. The average molecular weight is 171 g/mol. The molecule has 2 N–H and O–H groups in total. The van der Waals surface area contributed by atoms with Gasteiger partial charge in [-0.15, -0.1) is 0 Å². The van der Waals surface area contributed by atoms with Gasteiger partial charge in [0.2, 0.25) is 0 Å². The number of nitrogens with zero attached hydrogens (tertiary/aromatic N) is 1. The molecule has 0 bridgehead atoms. The molecule has 70 valence electrons. The lowest BCUT2D eigenvalue weighted by molar-refractivity contribution is -0.0233. The van der Waals surface area contributed by atoms with Crippen LogP contribution in [0.3, 0.4) is 0 Å². The highest BCUT2D eigenvalue weighted by Crippen LogP contribution is 2.27. The average Bonchev–Trinajstić information content (AvgIpc) is 2.01. The number of aliphatic hydroxyl groups is 2. The molecule has 0 spiro atoms. The minimum absolute atomic E-state index is 0.0538. The molecule has 0 amide bonds. The van der Waals surface area contributed by atoms with Crippen molar-refractivity contribution < 1.29 is 10.2 Å². The van der Waals surface area contributed by atoms with Gasteiger partial charge in [-0.05, 0) is 25.7 Å². The van der Waals surface area contributed by atoms with Gasteiger partial charge in [0.05, 0.1) is 12.2 Å². The van der Waals surface area contributed by atoms with E-state index in [1.807, 2.05) is 0 Å². The summed E-state index contributed by atoms with van der Waals surface area (Å²) in [6.07, 6.45) is 3.57. The standard InChI is InChI=1S/C9H17NO2/c11-8-1-3-10(4-2-8)7-5-9(12)6-7/h7-9,11-12H,1-6H2. The first-order valence-electron chi connectivity index (χ1n) is 4.86. The van der Waals surface area contributed by atoms with E-state index in [-0.39, 0.29) is 12.2 Å². The molecule has 1 saturated carbocycles. The van der Waals surface area contributed by atoms with Crippen LogP contribution >= 0.6 is 0 Å². The second kappa shape index (κ2) is 3.32. The normalized spacial score (nSPS) is 39.5. The highest BCUT2D eigenvalue weighted by atomic mass is 16.3. The number of rotatable bonds is 1. The zero-order chi connectivity index (χ0) is 8.55. The maximum Gasteiger partial charge on any atom is 0.0570 e. The molecule has 0 aromatic heterocycles. The van der Waals surface area contributed by atoms with Gasteiger partial charge in [-0.2, -0.15) is 0 Å². The van der Waals surface area contributed by atoms with Crippen molar-refractivity contribution in [3.8, 4) is 0 Å². The molecule has 2 fully saturated rings. The summed E-state index contributed by atoms with van der Waals surface area (Å²) in [4.78, 5) is 2.40. The van der Waals surface area contributed by atoms with E-state index < -0.39 is 0 Å². The van der Waals surface area contributed by atoms with Crippen LogP contribution in [0.2, 0.25) is 0 Å². The first-order valence-corrected chi connectivity index (χ1v) is 4.86. The van der Waals surface area contributed by atoms with Gasteiger partial charge in [0.1, 0.15) is 0 Å². The Morgan fingerprint density at radius 1 is 0.917 bits per heavy atom. The van der Waals surface area contributed by atoms with Gasteiger partial charge in [-0.1, -0.05) is 0 Å². The fourth-order valence-electron chi connectivity index (χ4n) is 2.11. The predicted molar refractivity (Wildman–Crippen MR) is 45.8 cm³/mol. The van der Waals surface area contributed by atoms with Gasteiger partial charge in [-0.3, -0.25) is 4.90 Å². The van der Waals surface area contributed by atoms with Crippen molar-refractivity contribution in [1.29, 1.82) is 0 Å². The van der Waals surface area contributed by atoms with Crippen molar-refractivity contribution in [2.24, 2.45) is 0 Å². The van der Waals surface area contributed by atoms with Gasteiger partial charge in [0, 0.05) is 19.1 Å².